The van der Waals surface area contributed by atoms with Gasteiger partial charge >= 0.3 is 0 Å². The monoisotopic (exact) mass is 411 g/mol. The minimum atomic E-state index is -0.0882. The molecule has 6 nitrogen and oxygen atoms in total. The maximum atomic E-state index is 12.6. The number of benzene rings is 2. The van der Waals surface area contributed by atoms with Crippen molar-refractivity contribution >= 4 is 34.1 Å². The van der Waals surface area contributed by atoms with Crippen LogP contribution in [0.5, 0.6) is 11.5 Å². The van der Waals surface area contributed by atoms with Gasteiger partial charge in [-0.05, 0) is 42.4 Å². The molecule has 0 radical (unpaired) electrons. The lowest BCUT2D eigenvalue weighted by molar-refractivity contribution is -0.117. The Hall–Kier alpha value is -2.83. The number of anilines is 1. The fourth-order valence-corrected chi connectivity index (χ4v) is 3.58. The summed E-state index contributed by atoms with van der Waals surface area (Å²) < 4.78 is 11.1. The topological polar surface area (TPSA) is 63.7 Å². The number of ether oxygens (including phenoxy) is 2. The van der Waals surface area contributed by atoms with Crippen LogP contribution in [0.1, 0.15) is 12.5 Å². The SMILES string of the molecule is CCN(CC(=O)Nc1ccc2c(c1)OCCO2)Cc1ccc(Cl)c2cccnc12. The smallest absolute Gasteiger partial charge is 0.238 e. The summed E-state index contributed by atoms with van der Waals surface area (Å²) in [6, 6.07) is 13.1. The molecule has 2 heterocycles. The van der Waals surface area contributed by atoms with Gasteiger partial charge in [-0.3, -0.25) is 14.7 Å². The fraction of sp³-hybridized carbons (Fsp3) is 0.273. The zero-order chi connectivity index (χ0) is 20.2. The minimum absolute atomic E-state index is 0.0882. The van der Waals surface area contributed by atoms with Crippen molar-refractivity contribution in [1.29, 1.82) is 0 Å². The predicted molar refractivity (Wildman–Crippen MR) is 114 cm³/mol. The van der Waals surface area contributed by atoms with E-state index in [0.717, 1.165) is 23.0 Å². The van der Waals surface area contributed by atoms with E-state index < -0.39 is 0 Å². The average molecular weight is 412 g/mol. The van der Waals surface area contributed by atoms with Gasteiger partial charge in [0.15, 0.2) is 11.5 Å². The Morgan fingerprint density at radius 3 is 2.83 bits per heavy atom. The second-order valence-corrected chi connectivity index (χ2v) is 7.22. The number of nitrogens with one attached hydrogen (secondary N) is 1. The van der Waals surface area contributed by atoms with Gasteiger partial charge in [0.1, 0.15) is 13.2 Å². The van der Waals surface area contributed by atoms with Gasteiger partial charge in [-0.2, -0.15) is 0 Å². The number of rotatable bonds is 6. The first-order valence-electron chi connectivity index (χ1n) is 9.58. The highest BCUT2D eigenvalue weighted by molar-refractivity contribution is 6.35. The van der Waals surface area contributed by atoms with E-state index in [1.165, 1.54) is 0 Å². The molecule has 3 aromatic rings. The first kappa shape index (κ1) is 19.5. The number of hydrogen-bond donors (Lipinski definition) is 1. The molecule has 0 spiro atoms. The summed E-state index contributed by atoms with van der Waals surface area (Å²) in [5.74, 6) is 1.27. The normalized spacial score (nSPS) is 12.9. The third kappa shape index (κ3) is 4.44. The first-order chi connectivity index (χ1) is 14.1. The highest BCUT2D eigenvalue weighted by atomic mass is 35.5. The van der Waals surface area contributed by atoms with Gasteiger partial charge < -0.3 is 14.8 Å². The third-order valence-corrected chi connectivity index (χ3v) is 5.16. The molecule has 0 saturated carbocycles. The number of carbonyl (C=O) groups is 1. The Labute approximate surface area is 174 Å². The van der Waals surface area contributed by atoms with Gasteiger partial charge in [-0.1, -0.05) is 24.6 Å². The summed E-state index contributed by atoms with van der Waals surface area (Å²) in [4.78, 5) is 19.1. The maximum Gasteiger partial charge on any atom is 0.238 e. The van der Waals surface area contributed by atoms with E-state index in [9.17, 15) is 4.79 Å². The van der Waals surface area contributed by atoms with Crippen molar-refractivity contribution in [3.63, 3.8) is 0 Å². The van der Waals surface area contributed by atoms with E-state index in [0.29, 0.717) is 42.0 Å². The lowest BCUT2D eigenvalue weighted by Crippen LogP contribution is -2.32. The van der Waals surface area contributed by atoms with Gasteiger partial charge in [0.2, 0.25) is 5.91 Å². The summed E-state index contributed by atoms with van der Waals surface area (Å²) in [5.41, 5.74) is 2.60. The molecular weight excluding hydrogens is 390 g/mol. The summed E-state index contributed by atoms with van der Waals surface area (Å²) in [6.45, 7) is 4.68. The summed E-state index contributed by atoms with van der Waals surface area (Å²) in [5, 5.41) is 4.53. The zero-order valence-corrected chi connectivity index (χ0v) is 16.9. The quantitative estimate of drug-likeness (QED) is 0.661. The lowest BCUT2D eigenvalue weighted by Gasteiger charge is -2.21. The number of carbonyl (C=O) groups excluding carboxylic acids is 1. The zero-order valence-electron chi connectivity index (χ0n) is 16.2. The van der Waals surface area contributed by atoms with Crippen LogP contribution >= 0.6 is 11.6 Å². The molecule has 0 atom stereocenters. The van der Waals surface area contributed by atoms with Crippen LogP contribution in [0.3, 0.4) is 0 Å². The molecule has 1 aliphatic rings. The van der Waals surface area contributed by atoms with E-state index in [1.807, 2.05) is 43.3 Å². The summed E-state index contributed by atoms with van der Waals surface area (Å²) in [6.07, 6.45) is 1.76. The molecule has 0 saturated heterocycles. The van der Waals surface area contributed by atoms with Gasteiger partial charge in [-0.25, -0.2) is 0 Å². The van der Waals surface area contributed by atoms with Crippen molar-refractivity contribution in [2.45, 2.75) is 13.5 Å². The molecule has 4 rings (SSSR count). The van der Waals surface area contributed by atoms with Crippen molar-refractivity contribution in [3.8, 4) is 11.5 Å². The second kappa shape index (κ2) is 8.68. The van der Waals surface area contributed by atoms with Crippen molar-refractivity contribution < 1.29 is 14.3 Å². The van der Waals surface area contributed by atoms with E-state index in [1.54, 1.807) is 12.3 Å². The molecule has 0 bridgehead atoms. The number of pyridine rings is 1. The molecule has 0 aliphatic carbocycles. The number of fused-ring (bicyclic) bond motifs is 2. The molecular formula is C22H22ClN3O3. The van der Waals surface area contributed by atoms with Crippen LogP contribution in [0.25, 0.3) is 10.9 Å². The Balaban J connectivity index is 1.44. The van der Waals surface area contributed by atoms with Gasteiger partial charge in [0.05, 0.1) is 12.1 Å². The van der Waals surface area contributed by atoms with E-state index in [4.69, 9.17) is 21.1 Å². The Bertz CT molecular complexity index is 1040. The molecule has 7 heteroatoms. The second-order valence-electron chi connectivity index (χ2n) is 6.82. The van der Waals surface area contributed by atoms with Crippen LogP contribution < -0.4 is 14.8 Å². The number of aromatic nitrogens is 1. The van der Waals surface area contributed by atoms with Crippen LogP contribution in [0.4, 0.5) is 5.69 Å². The van der Waals surface area contributed by atoms with Gasteiger partial charge in [0, 0.05) is 34.9 Å². The predicted octanol–water partition coefficient (Wildman–Crippen LogP) is 4.12. The molecule has 0 unspecified atom stereocenters. The molecule has 2 aromatic carbocycles. The fourth-order valence-electron chi connectivity index (χ4n) is 3.37. The largest absolute Gasteiger partial charge is 0.486 e. The van der Waals surface area contributed by atoms with E-state index in [-0.39, 0.29) is 12.5 Å². The lowest BCUT2D eigenvalue weighted by atomic mass is 10.1. The Morgan fingerprint density at radius 2 is 2.00 bits per heavy atom. The van der Waals surface area contributed by atoms with Gasteiger partial charge in [0.25, 0.3) is 0 Å². The average Bonchev–Trinajstić information content (AvgIpc) is 2.75. The molecule has 29 heavy (non-hydrogen) atoms. The molecule has 150 valence electrons. The number of amides is 1. The van der Waals surface area contributed by atoms with Crippen molar-refractivity contribution in [2.75, 3.05) is 31.6 Å². The van der Waals surface area contributed by atoms with E-state index >= 15 is 0 Å². The summed E-state index contributed by atoms with van der Waals surface area (Å²) >= 11 is 6.29. The van der Waals surface area contributed by atoms with Crippen LogP contribution in [0.15, 0.2) is 48.7 Å². The van der Waals surface area contributed by atoms with Crippen LogP contribution in [-0.4, -0.2) is 42.1 Å². The van der Waals surface area contributed by atoms with Crippen molar-refractivity contribution in [3.05, 3.63) is 59.2 Å². The molecule has 1 aromatic heterocycles. The molecule has 1 aliphatic heterocycles. The van der Waals surface area contributed by atoms with E-state index in [2.05, 4.69) is 15.2 Å². The standard InChI is InChI=1S/C22H22ClN3O3/c1-2-26(13-15-5-7-18(23)17-4-3-9-24-22(15)17)14-21(27)25-16-6-8-19-20(12-16)29-11-10-28-19/h3-9,12H,2,10-11,13-14H2,1H3,(H,25,27). The Morgan fingerprint density at radius 1 is 1.17 bits per heavy atom. The number of nitrogens with zero attached hydrogens (tertiary/aromatic N) is 2. The number of hydrogen-bond acceptors (Lipinski definition) is 5. The van der Waals surface area contributed by atoms with Gasteiger partial charge in [-0.15, -0.1) is 0 Å². The highest BCUT2D eigenvalue weighted by Crippen LogP contribution is 2.32. The van der Waals surface area contributed by atoms with Crippen LogP contribution in [0, 0.1) is 0 Å². The number of likely N-dealkylation sites (N-methyl/N-ethyl adjacent to an activating group) is 1. The maximum absolute atomic E-state index is 12.6. The Kier molecular flexibility index (Phi) is 5.83. The molecule has 0 fully saturated rings. The number of halogens is 1. The first-order valence-corrected chi connectivity index (χ1v) is 9.96. The van der Waals surface area contributed by atoms with Crippen molar-refractivity contribution in [2.24, 2.45) is 0 Å². The minimum Gasteiger partial charge on any atom is -0.486 e. The highest BCUT2D eigenvalue weighted by Gasteiger charge is 2.15. The summed E-state index contributed by atoms with van der Waals surface area (Å²) in [7, 11) is 0. The molecule has 1 N–H and O–H groups in total. The molecule has 1 amide bonds. The van der Waals surface area contributed by atoms with Crippen molar-refractivity contribution in [1.82, 2.24) is 9.88 Å². The van der Waals surface area contributed by atoms with Crippen LogP contribution in [0.2, 0.25) is 5.02 Å². The van der Waals surface area contributed by atoms with Crippen LogP contribution in [-0.2, 0) is 11.3 Å². The third-order valence-electron chi connectivity index (χ3n) is 4.83.